The van der Waals surface area contributed by atoms with Crippen LogP contribution in [0.5, 0.6) is 0 Å². The monoisotopic (exact) mass is 478 g/mol. The molecular weight excluding hydrogens is 443 g/mol. The number of hydrogen-bond acceptors (Lipinski definition) is 4. The molecule has 0 N–H and O–H groups in total. The third kappa shape index (κ3) is 8.27. The van der Waals surface area contributed by atoms with Gasteiger partial charge in [0.05, 0.1) is 5.92 Å². The molecule has 0 radical (unpaired) electrons. The Morgan fingerprint density at radius 3 is 1.88 bits per heavy atom. The van der Waals surface area contributed by atoms with Gasteiger partial charge in [-0.2, -0.15) is 0 Å². The fraction of sp³-hybridized carbons (Fsp3) is 0.345. The molecule has 0 saturated carbocycles. The molecule has 0 amide bonds. The van der Waals surface area contributed by atoms with Gasteiger partial charge < -0.3 is 9.26 Å². The summed E-state index contributed by atoms with van der Waals surface area (Å²) in [6.07, 6.45) is 1.94. The van der Waals surface area contributed by atoms with Crippen molar-refractivity contribution in [3.05, 3.63) is 107 Å². The van der Waals surface area contributed by atoms with Gasteiger partial charge in [0.2, 0.25) is 7.37 Å². The lowest BCUT2D eigenvalue weighted by Crippen LogP contribution is -2.24. The first-order valence-corrected chi connectivity index (χ1v) is 13.8. The third-order valence-electron chi connectivity index (χ3n) is 5.84. The Morgan fingerprint density at radius 2 is 1.32 bits per heavy atom. The molecule has 180 valence electrons. The highest BCUT2D eigenvalue weighted by molar-refractivity contribution is 7.58. The van der Waals surface area contributed by atoms with Gasteiger partial charge in [-0.25, -0.2) is 0 Å². The van der Waals surface area contributed by atoms with E-state index >= 15 is 0 Å². The lowest BCUT2D eigenvalue weighted by molar-refractivity contribution is -0.149. The summed E-state index contributed by atoms with van der Waals surface area (Å²) in [5.74, 6) is -0.503. The van der Waals surface area contributed by atoms with Crippen molar-refractivity contribution in [3.8, 4) is 0 Å². The average molecular weight is 479 g/mol. The Balaban J connectivity index is 1.65. The highest BCUT2D eigenvalue weighted by Gasteiger charge is 2.32. The molecule has 0 spiro atoms. The van der Waals surface area contributed by atoms with Gasteiger partial charge in [-0.3, -0.25) is 9.36 Å². The first-order chi connectivity index (χ1) is 16.4. The first-order valence-electron chi connectivity index (χ1n) is 11.8. The largest absolute Gasteiger partial charge is 0.461 e. The summed E-state index contributed by atoms with van der Waals surface area (Å²) >= 11 is 0. The lowest BCUT2D eigenvalue weighted by atomic mass is 9.99. The maximum absolute atomic E-state index is 13.7. The number of hydrogen-bond donors (Lipinski definition) is 0. The second-order valence-electron chi connectivity index (χ2n) is 9.24. The van der Waals surface area contributed by atoms with Crippen LogP contribution >= 0.6 is 7.37 Å². The molecule has 0 bridgehead atoms. The van der Waals surface area contributed by atoms with Crippen LogP contribution in [0.2, 0.25) is 0 Å². The van der Waals surface area contributed by atoms with E-state index < -0.39 is 13.3 Å². The summed E-state index contributed by atoms with van der Waals surface area (Å²) in [6, 6.07) is 28.1. The van der Waals surface area contributed by atoms with E-state index in [-0.39, 0.29) is 24.7 Å². The van der Waals surface area contributed by atoms with Gasteiger partial charge in [0.1, 0.15) is 6.61 Å². The minimum Gasteiger partial charge on any atom is -0.461 e. The molecule has 0 aromatic heterocycles. The molecule has 4 nitrogen and oxygen atoms in total. The van der Waals surface area contributed by atoms with Crippen LogP contribution in [0.15, 0.2) is 84.9 Å². The second kappa shape index (κ2) is 12.7. The Labute approximate surface area is 203 Å². The summed E-state index contributed by atoms with van der Waals surface area (Å²) in [5.41, 5.74) is 4.33. The average Bonchev–Trinajstić information content (AvgIpc) is 2.84. The number of carbonyl (C=O) groups is 1. The maximum Gasteiger partial charge on any atom is 0.309 e. The molecule has 3 rings (SSSR count). The van der Waals surface area contributed by atoms with E-state index in [1.807, 2.05) is 60.7 Å². The number of esters is 1. The van der Waals surface area contributed by atoms with E-state index in [0.717, 1.165) is 17.5 Å². The molecular formula is C29H35O4P. The van der Waals surface area contributed by atoms with Crippen molar-refractivity contribution in [1.29, 1.82) is 0 Å². The minimum atomic E-state index is -3.07. The SMILES string of the molecule is COP(=O)(Cc1ccc(Cc2ccccc2)cc1)CC(CC(C)C)C(=O)OCc1ccccc1. The standard InChI is InChI=1S/C29H35O4P/c1-23(2)18-28(29(30)33-20-26-12-8-5-9-13-26)22-34(31,32-3)21-27-16-14-25(15-17-27)19-24-10-6-4-7-11-24/h4-17,23,28H,18-22H2,1-3H3. The molecule has 2 atom stereocenters. The van der Waals surface area contributed by atoms with Crippen molar-refractivity contribution in [2.45, 2.75) is 39.5 Å². The molecule has 0 aliphatic heterocycles. The van der Waals surface area contributed by atoms with Crippen LogP contribution in [0, 0.1) is 11.8 Å². The summed E-state index contributed by atoms with van der Waals surface area (Å²) in [7, 11) is -1.59. The molecule has 2 unspecified atom stereocenters. The van der Waals surface area contributed by atoms with Crippen LogP contribution in [0.25, 0.3) is 0 Å². The summed E-state index contributed by atoms with van der Waals surface area (Å²) < 4.78 is 24.8. The van der Waals surface area contributed by atoms with Gasteiger partial charge in [0.15, 0.2) is 0 Å². The zero-order valence-electron chi connectivity index (χ0n) is 20.4. The van der Waals surface area contributed by atoms with Crippen LogP contribution in [0.3, 0.4) is 0 Å². The van der Waals surface area contributed by atoms with Crippen molar-refractivity contribution < 1.29 is 18.6 Å². The minimum absolute atomic E-state index is 0.182. The fourth-order valence-corrected chi connectivity index (χ4v) is 6.22. The van der Waals surface area contributed by atoms with Crippen molar-refractivity contribution in [3.63, 3.8) is 0 Å². The normalized spacial score (nSPS) is 13.9. The Hall–Kier alpha value is -2.68. The third-order valence-corrected chi connectivity index (χ3v) is 8.35. The Morgan fingerprint density at radius 1 is 0.794 bits per heavy atom. The first kappa shape index (κ1) is 25.9. The number of rotatable bonds is 12. The van der Waals surface area contributed by atoms with E-state index in [1.54, 1.807) is 0 Å². The summed E-state index contributed by atoms with van der Waals surface area (Å²) in [5, 5.41) is 0. The van der Waals surface area contributed by atoms with E-state index in [2.05, 4.69) is 38.1 Å². The quantitative estimate of drug-likeness (QED) is 0.206. The number of benzene rings is 3. The second-order valence-corrected chi connectivity index (χ2v) is 11.9. The molecule has 3 aromatic rings. The van der Waals surface area contributed by atoms with E-state index in [1.165, 1.54) is 18.2 Å². The zero-order valence-corrected chi connectivity index (χ0v) is 21.2. The van der Waals surface area contributed by atoms with Gasteiger partial charge in [-0.15, -0.1) is 0 Å². The highest BCUT2D eigenvalue weighted by atomic mass is 31.2. The van der Waals surface area contributed by atoms with Crippen LogP contribution in [0.1, 0.15) is 42.5 Å². The Bertz CT molecular complexity index is 1060. The molecule has 0 aliphatic rings. The van der Waals surface area contributed by atoms with Gasteiger partial charge in [0.25, 0.3) is 0 Å². The molecule has 0 aliphatic carbocycles. The van der Waals surface area contributed by atoms with Gasteiger partial charge in [-0.05, 0) is 41.0 Å². The predicted octanol–water partition coefficient (Wildman–Crippen LogP) is 7.11. The predicted molar refractivity (Wildman–Crippen MR) is 138 cm³/mol. The molecule has 34 heavy (non-hydrogen) atoms. The summed E-state index contributed by atoms with van der Waals surface area (Å²) in [6.45, 7) is 4.33. The van der Waals surface area contributed by atoms with Crippen LogP contribution in [-0.4, -0.2) is 19.2 Å². The van der Waals surface area contributed by atoms with Gasteiger partial charge in [0, 0.05) is 19.4 Å². The van der Waals surface area contributed by atoms with Gasteiger partial charge in [-0.1, -0.05) is 98.8 Å². The number of carbonyl (C=O) groups excluding carboxylic acids is 1. The van der Waals surface area contributed by atoms with E-state index in [9.17, 15) is 9.36 Å². The van der Waals surface area contributed by atoms with Crippen molar-refractivity contribution in [1.82, 2.24) is 0 Å². The van der Waals surface area contributed by atoms with Crippen LogP contribution in [-0.2, 0) is 37.8 Å². The van der Waals surface area contributed by atoms with Crippen molar-refractivity contribution in [2.24, 2.45) is 11.8 Å². The lowest BCUT2D eigenvalue weighted by Gasteiger charge is -2.23. The summed E-state index contributed by atoms with van der Waals surface area (Å²) in [4.78, 5) is 12.9. The molecule has 5 heteroatoms. The molecule has 0 saturated heterocycles. The molecule has 0 fully saturated rings. The highest BCUT2D eigenvalue weighted by Crippen LogP contribution is 2.51. The maximum atomic E-state index is 13.7. The zero-order chi connectivity index (χ0) is 24.4. The molecule has 3 aromatic carbocycles. The topological polar surface area (TPSA) is 52.6 Å². The fourth-order valence-electron chi connectivity index (χ4n) is 4.07. The van der Waals surface area contributed by atoms with Crippen LogP contribution < -0.4 is 0 Å². The molecule has 0 heterocycles. The van der Waals surface area contributed by atoms with Crippen molar-refractivity contribution in [2.75, 3.05) is 13.3 Å². The number of ether oxygens (including phenoxy) is 1. The Kier molecular flexibility index (Phi) is 9.68. The van der Waals surface area contributed by atoms with Crippen molar-refractivity contribution >= 4 is 13.3 Å². The van der Waals surface area contributed by atoms with E-state index in [4.69, 9.17) is 9.26 Å². The van der Waals surface area contributed by atoms with Crippen LogP contribution in [0.4, 0.5) is 0 Å². The van der Waals surface area contributed by atoms with E-state index in [0.29, 0.717) is 12.6 Å². The smallest absolute Gasteiger partial charge is 0.309 e. The van der Waals surface area contributed by atoms with Gasteiger partial charge >= 0.3 is 5.97 Å².